The number of nitrogens with zero attached hydrogens (tertiary/aromatic N) is 1. The zero-order valence-corrected chi connectivity index (χ0v) is 22.1. The van der Waals surface area contributed by atoms with Crippen LogP contribution in [0.25, 0.3) is 0 Å². The molecule has 2 N–H and O–H groups in total. The molecule has 0 spiro atoms. The van der Waals surface area contributed by atoms with E-state index in [1.807, 2.05) is 12.1 Å². The summed E-state index contributed by atoms with van der Waals surface area (Å²) in [4.78, 5) is 25.2. The van der Waals surface area contributed by atoms with Crippen LogP contribution in [0.3, 0.4) is 0 Å². The molecule has 6 nitrogen and oxygen atoms in total. The van der Waals surface area contributed by atoms with Crippen molar-refractivity contribution in [3.8, 4) is 5.75 Å². The molecule has 0 heterocycles. The van der Waals surface area contributed by atoms with E-state index in [0.717, 1.165) is 16.8 Å². The summed E-state index contributed by atoms with van der Waals surface area (Å²) in [7, 11) is 0. The predicted octanol–water partition coefficient (Wildman–Crippen LogP) is 7.04. The molecule has 3 aromatic rings. The van der Waals surface area contributed by atoms with Gasteiger partial charge in [-0.25, -0.2) is 0 Å². The molecule has 1 amide bonds. The van der Waals surface area contributed by atoms with Crippen LogP contribution in [0.15, 0.2) is 72.8 Å². The van der Waals surface area contributed by atoms with E-state index in [1.54, 1.807) is 24.3 Å². The number of nitrogens with one attached hydrogen (secondary N) is 1. The van der Waals surface area contributed by atoms with E-state index in [9.17, 15) is 22.8 Å². The van der Waals surface area contributed by atoms with Gasteiger partial charge in [-0.3, -0.25) is 9.59 Å². The third kappa shape index (κ3) is 8.76. The average molecular weight is 555 g/mol. The van der Waals surface area contributed by atoms with Crippen molar-refractivity contribution in [3.63, 3.8) is 0 Å². The molecule has 3 aromatic carbocycles. The van der Waals surface area contributed by atoms with Crippen LogP contribution >= 0.6 is 0 Å². The number of rotatable bonds is 11. The molecule has 4 rings (SSSR count). The second kappa shape index (κ2) is 13.4. The molecular weight excluding hydrogens is 521 g/mol. The number of alkyl halides is 3. The molecule has 0 saturated heterocycles. The monoisotopic (exact) mass is 554 g/mol. The minimum atomic E-state index is -4.75. The molecule has 9 heteroatoms. The van der Waals surface area contributed by atoms with Crippen LogP contribution < -0.4 is 15.0 Å². The van der Waals surface area contributed by atoms with E-state index < -0.39 is 12.3 Å². The molecule has 0 aromatic heterocycles. The Labute approximate surface area is 231 Å². The molecule has 0 atom stereocenters. The highest BCUT2D eigenvalue weighted by Crippen LogP contribution is 2.33. The van der Waals surface area contributed by atoms with E-state index >= 15 is 0 Å². The van der Waals surface area contributed by atoms with Gasteiger partial charge in [0, 0.05) is 30.9 Å². The van der Waals surface area contributed by atoms with Crippen LogP contribution in [-0.2, 0) is 17.9 Å². The fraction of sp³-hybridized carbons (Fsp3) is 0.355. The summed E-state index contributed by atoms with van der Waals surface area (Å²) in [5.41, 5.74) is 4.47. The van der Waals surface area contributed by atoms with E-state index in [0.29, 0.717) is 24.6 Å². The number of carbonyl (C=O) groups is 2. The molecule has 1 aliphatic carbocycles. The smallest absolute Gasteiger partial charge is 0.481 e. The van der Waals surface area contributed by atoms with E-state index in [2.05, 4.69) is 39.2 Å². The first-order valence-electron chi connectivity index (χ1n) is 13.4. The van der Waals surface area contributed by atoms with E-state index in [-0.39, 0.29) is 24.6 Å². The number of carbonyl (C=O) groups excluding carboxylic acids is 1. The molecule has 1 fully saturated rings. The number of anilines is 1. The molecule has 0 aliphatic heterocycles. The topological polar surface area (TPSA) is 78.9 Å². The quantitative estimate of drug-likeness (QED) is 0.266. The van der Waals surface area contributed by atoms with Crippen molar-refractivity contribution in [2.75, 3.05) is 11.4 Å². The van der Waals surface area contributed by atoms with Crippen LogP contribution in [0.5, 0.6) is 5.75 Å². The predicted molar refractivity (Wildman–Crippen MR) is 146 cm³/mol. The van der Waals surface area contributed by atoms with Crippen LogP contribution in [0.2, 0.25) is 0 Å². The third-order valence-electron chi connectivity index (χ3n) is 7.08. The Hall–Kier alpha value is -4.01. The number of carboxylic acids is 1. The minimum absolute atomic E-state index is 0.0347. The van der Waals surface area contributed by atoms with Gasteiger partial charge in [0.1, 0.15) is 5.75 Å². The fourth-order valence-electron chi connectivity index (χ4n) is 5.02. The fourth-order valence-corrected chi connectivity index (χ4v) is 5.02. The van der Waals surface area contributed by atoms with Gasteiger partial charge in [0.25, 0.3) is 5.91 Å². The largest absolute Gasteiger partial charge is 0.573 e. The highest BCUT2D eigenvalue weighted by atomic mass is 19.4. The lowest BCUT2D eigenvalue weighted by Gasteiger charge is -2.26. The van der Waals surface area contributed by atoms with Crippen LogP contribution in [0.1, 0.15) is 71.5 Å². The van der Waals surface area contributed by atoms with Crippen molar-refractivity contribution in [1.82, 2.24) is 5.32 Å². The van der Waals surface area contributed by atoms with Gasteiger partial charge in [0.05, 0.1) is 6.42 Å². The summed E-state index contributed by atoms with van der Waals surface area (Å²) in [6.07, 6.45) is 1.35. The SMILES string of the molecule is O=C(O)CCNC(=O)c1ccc(N(Cc2ccc(OC(F)(F)F)cc2)Cc2ccc(C3CCCCC3)cc2)cc1. The summed E-state index contributed by atoms with van der Waals surface area (Å²) in [5, 5.41) is 11.4. The Morgan fingerprint density at radius 2 is 1.43 bits per heavy atom. The van der Waals surface area contributed by atoms with Crippen molar-refractivity contribution >= 4 is 17.6 Å². The first kappa shape index (κ1) is 29.0. The van der Waals surface area contributed by atoms with Gasteiger partial charge in [-0.2, -0.15) is 0 Å². The summed E-state index contributed by atoms with van der Waals surface area (Å²) in [5.74, 6) is -1.03. The molecule has 1 aliphatic rings. The second-order valence-electron chi connectivity index (χ2n) is 10.1. The number of halogens is 3. The zero-order chi connectivity index (χ0) is 28.5. The van der Waals surface area contributed by atoms with Gasteiger partial charge in [-0.15, -0.1) is 13.2 Å². The lowest BCUT2D eigenvalue weighted by atomic mass is 9.84. The summed E-state index contributed by atoms with van der Waals surface area (Å²) < 4.78 is 41.7. The number of ether oxygens (including phenoxy) is 1. The number of hydrogen-bond acceptors (Lipinski definition) is 4. The first-order chi connectivity index (χ1) is 19.2. The van der Waals surface area contributed by atoms with Crippen LogP contribution in [0, 0.1) is 0 Å². The van der Waals surface area contributed by atoms with Gasteiger partial charge >= 0.3 is 12.3 Å². The van der Waals surface area contributed by atoms with E-state index in [4.69, 9.17) is 5.11 Å². The molecular formula is C31H33F3N2O4. The number of aliphatic carboxylic acids is 1. The summed E-state index contributed by atoms with van der Waals surface area (Å²) >= 11 is 0. The highest BCUT2D eigenvalue weighted by Gasteiger charge is 2.31. The lowest BCUT2D eigenvalue weighted by Crippen LogP contribution is -2.26. The zero-order valence-electron chi connectivity index (χ0n) is 22.1. The Morgan fingerprint density at radius 3 is 1.98 bits per heavy atom. The van der Waals surface area contributed by atoms with Gasteiger partial charge in [0.2, 0.25) is 0 Å². The normalized spacial score (nSPS) is 14.0. The number of carboxylic acid groups (broad SMARTS) is 1. The highest BCUT2D eigenvalue weighted by molar-refractivity contribution is 5.94. The standard InChI is InChI=1S/C31H33F3N2O4/c32-31(33,34)40-28-16-8-23(9-17-28)21-36(20-22-6-10-25(11-7-22)24-4-2-1-3-5-24)27-14-12-26(13-15-27)30(39)35-19-18-29(37)38/h6-17,24H,1-5,18-21H2,(H,35,39)(H,37,38). The first-order valence-corrected chi connectivity index (χ1v) is 13.4. The Kier molecular flexibility index (Phi) is 9.69. The maximum absolute atomic E-state index is 12.6. The van der Waals surface area contributed by atoms with Crippen molar-refractivity contribution in [3.05, 3.63) is 95.1 Å². The Bertz CT molecular complexity index is 1250. The van der Waals surface area contributed by atoms with Crippen LogP contribution in [0.4, 0.5) is 18.9 Å². The van der Waals surface area contributed by atoms with Crippen molar-refractivity contribution < 1.29 is 32.6 Å². The number of benzene rings is 3. The maximum Gasteiger partial charge on any atom is 0.573 e. The third-order valence-corrected chi connectivity index (χ3v) is 7.08. The van der Waals surface area contributed by atoms with Crippen LogP contribution in [-0.4, -0.2) is 29.9 Å². The Balaban J connectivity index is 1.50. The van der Waals surface area contributed by atoms with Crippen molar-refractivity contribution in [2.24, 2.45) is 0 Å². The molecule has 212 valence electrons. The lowest BCUT2D eigenvalue weighted by molar-refractivity contribution is -0.274. The van der Waals surface area contributed by atoms with Crippen molar-refractivity contribution in [2.45, 2.75) is 63.9 Å². The number of hydrogen-bond donors (Lipinski definition) is 2. The van der Waals surface area contributed by atoms with Gasteiger partial charge in [0.15, 0.2) is 0 Å². The second-order valence-corrected chi connectivity index (χ2v) is 10.1. The molecule has 0 bridgehead atoms. The maximum atomic E-state index is 12.6. The average Bonchev–Trinajstić information content (AvgIpc) is 2.94. The van der Waals surface area contributed by atoms with Gasteiger partial charge < -0.3 is 20.1 Å². The van der Waals surface area contributed by atoms with Crippen molar-refractivity contribution in [1.29, 1.82) is 0 Å². The summed E-state index contributed by atoms with van der Waals surface area (Å²) in [6, 6.07) is 21.4. The summed E-state index contributed by atoms with van der Waals surface area (Å²) in [6.45, 7) is 1.00. The Morgan fingerprint density at radius 1 is 0.850 bits per heavy atom. The number of amides is 1. The molecule has 40 heavy (non-hydrogen) atoms. The van der Waals surface area contributed by atoms with Gasteiger partial charge in [-0.05, 0) is 71.8 Å². The minimum Gasteiger partial charge on any atom is -0.481 e. The van der Waals surface area contributed by atoms with Gasteiger partial charge in [-0.1, -0.05) is 55.7 Å². The van der Waals surface area contributed by atoms with E-state index in [1.165, 1.54) is 49.8 Å². The molecule has 0 radical (unpaired) electrons. The molecule has 1 saturated carbocycles. The molecule has 0 unspecified atom stereocenters.